The number of rotatable bonds is 6. The van der Waals surface area contributed by atoms with E-state index in [1.54, 1.807) is 11.8 Å². The van der Waals surface area contributed by atoms with Crippen molar-refractivity contribution in [3.8, 4) is 0 Å². The van der Waals surface area contributed by atoms with Crippen molar-refractivity contribution in [3.63, 3.8) is 0 Å². The van der Waals surface area contributed by atoms with Crippen LogP contribution < -0.4 is 0 Å². The quantitative estimate of drug-likeness (QED) is 0.590. The molecule has 0 saturated heterocycles. The van der Waals surface area contributed by atoms with E-state index in [2.05, 4.69) is 34.9 Å². The lowest BCUT2D eigenvalue weighted by Crippen LogP contribution is -2.09. The fourth-order valence-corrected chi connectivity index (χ4v) is 3.64. The molecule has 0 saturated carbocycles. The van der Waals surface area contributed by atoms with Gasteiger partial charge in [0, 0.05) is 36.2 Å². The molecule has 0 unspecified atom stereocenters. The lowest BCUT2D eigenvalue weighted by molar-refractivity contribution is 0.102. The maximum atomic E-state index is 12.6. The molecule has 0 fully saturated rings. The molecule has 0 aliphatic heterocycles. The zero-order valence-electron chi connectivity index (χ0n) is 15.2. The molecule has 0 atom stereocenters. The Morgan fingerprint density at radius 2 is 1.87 bits per heavy atom. The van der Waals surface area contributed by atoms with Gasteiger partial charge in [0.1, 0.15) is 0 Å². The Bertz CT molecular complexity index is 725. The normalized spacial score (nSPS) is 11.5. The van der Waals surface area contributed by atoms with Crippen LogP contribution in [-0.2, 0) is 13.6 Å². The number of carbonyl (C=O) groups excluding carboxylic acids is 1. The van der Waals surface area contributed by atoms with Crippen molar-refractivity contribution in [2.45, 2.75) is 53.2 Å². The summed E-state index contributed by atoms with van der Waals surface area (Å²) in [6, 6.07) is 1.98. The van der Waals surface area contributed by atoms with Gasteiger partial charge in [-0.15, -0.1) is 0 Å². The largest absolute Gasteiger partial charge is 0.351 e. The Hall–Kier alpha value is -1.49. The molecule has 0 spiro atoms. The van der Waals surface area contributed by atoms with Crippen molar-refractivity contribution in [1.29, 1.82) is 0 Å². The molecule has 2 aromatic rings. The third kappa shape index (κ3) is 3.71. The molecule has 0 amide bonds. The number of nitrogens with zero attached hydrogens (tertiary/aromatic N) is 3. The molecule has 2 heterocycles. The molecule has 0 radical (unpaired) electrons. The summed E-state index contributed by atoms with van der Waals surface area (Å²) in [5.41, 5.74) is 5.22. The van der Waals surface area contributed by atoms with E-state index < -0.39 is 0 Å². The Labute approximate surface area is 143 Å². The molecule has 23 heavy (non-hydrogen) atoms. The lowest BCUT2D eigenvalue weighted by atomic mass is 10.2. The summed E-state index contributed by atoms with van der Waals surface area (Å²) in [4.78, 5) is 17.2. The number of aryl methyl sites for hydroxylation is 2. The van der Waals surface area contributed by atoms with Crippen LogP contribution in [0.2, 0.25) is 0 Å². The number of aromatic nitrogens is 3. The van der Waals surface area contributed by atoms with Crippen molar-refractivity contribution in [3.05, 3.63) is 34.4 Å². The molecule has 0 aromatic carbocycles. The molecular weight excluding hydrogens is 306 g/mol. The van der Waals surface area contributed by atoms with Gasteiger partial charge in [-0.2, -0.15) is 0 Å². The molecule has 0 N–H and O–H groups in total. The highest BCUT2D eigenvalue weighted by Gasteiger charge is 2.17. The van der Waals surface area contributed by atoms with Crippen LogP contribution in [0.3, 0.4) is 0 Å². The van der Waals surface area contributed by atoms with Crippen molar-refractivity contribution >= 4 is 17.5 Å². The summed E-state index contributed by atoms with van der Waals surface area (Å²) in [6.07, 6.45) is 0. The number of ketones is 1. The van der Waals surface area contributed by atoms with E-state index in [1.807, 2.05) is 33.9 Å². The predicted octanol–water partition coefficient (Wildman–Crippen LogP) is 4.09. The highest BCUT2D eigenvalue weighted by molar-refractivity contribution is 7.99. The van der Waals surface area contributed by atoms with Crippen LogP contribution in [0, 0.1) is 33.6 Å². The zero-order valence-corrected chi connectivity index (χ0v) is 16.0. The van der Waals surface area contributed by atoms with Crippen LogP contribution in [0.15, 0.2) is 11.2 Å². The van der Waals surface area contributed by atoms with E-state index in [1.165, 1.54) is 5.69 Å². The molecule has 0 bridgehead atoms. The standard InChI is InChI=1S/C18H27N3OS/c1-11(2)9-21-14(5)13(4)19-18(21)23-10-17(22)16-8-12(3)20(7)15(16)6/h8,11H,9-10H2,1-7H3. The van der Waals surface area contributed by atoms with E-state index in [0.717, 1.165) is 34.3 Å². The van der Waals surface area contributed by atoms with Gasteiger partial charge in [0.05, 0.1) is 11.4 Å². The average molecular weight is 334 g/mol. The lowest BCUT2D eigenvalue weighted by Gasteiger charge is -2.12. The number of hydrogen-bond acceptors (Lipinski definition) is 3. The Morgan fingerprint density at radius 3 is 2.39 bits per heavy atom. The van der Waals surface area contributed by atoms with Crippen molar-refractivity contribution in [2.24, 2.45) is 13.0 Å². The first kappa shape index (κ1) is 17.9. The second-order valence-electron chi connectivity index (χ2n) is 6.63. The maximum absolute atomic E-state index is 12.6. The fourth-order valence-electron chi connectivity index (χ4n) is 2.66. The highest BCUT2D eigenvalue weighted by atomic mass is 32.2. The van der Waals surface area contributed by atoms with Gasteiger partial charge < -0.3 is 9.13 Å². The monoisotopic (exact) mass is 333 g/mol. The van der Waals surface area contributed by atoms with Gasteiger partial charge in [-0.1, -0.05) is 25.6 Å². The first-order valence-corrected chi connectivity index (χ1v) is 9.03. The Kier molecular flexibility index (Phi) is 5.40. The molecule has 4 nitrogen and oxygen atoms in total. The fraction of sp³-hybridized carbons (Fsp3) is 0.556. The van der Waals surface area contributed by atoms with E-state index in [0.29, 0.717) is 11.7 Å². The topological polar surface area (TPSA) is 39.8 Å². The number of carbonyl (C=O) groups is 1. The van der Waals surface area contributed by atoms with Gasteiger partial charge >= 0.3 is 0 Å². The van der Waals surface area contributed by atoms with Gasteiger partial charge in [0.2, 0.25) is 0 Å². The highest BCUT2D eigenvalue weighted by Crippen LogP contribution is 2.24. The third-order valence-electron chi connectivity index (χ3n) is 4.38. The summed E-state index contributed by atoms with van der Waals surface area (Å²) in [5, 5.41) is 0.951. The predicted molar refractivity (Wildman–Crippen MR) is 96.5 cm³/mol. The van der Waals surface area contributed by atoms with Crippen LogP contribution in [0.4, 0.5) is 0 Å². The summed E-state index contributed by atoms with van der Waals surface area (Å²) in [5.74, 6) is 1.15. The molecule has 2 aromatic heterocycles. The van der Waals surface area contributed by atoms with Gasteiger partial charge in [-0.25, -0.2) is 4.98 Å². The molecular formula is C18H27N3OS. The van der Waals surface area contributed by atoms with E-state index >= 15 is 0 Å². The van der Waals surface area contributed by atoms with Crippen molar-refractivity contribution in [2.75, 3.05) is 5.75 Å². The molecule has 126 valence electrons. The van der Waals surface area contributed by atoms with Crippen molar-refractivity contribution in [1.82, 2.24) is 14.1 Å². The summed E-state index contributed by atoms with van der Waals surface area (Å²) < 4.78 is 4.30. The first-order valence-electron chi connectivity index (χ1n) is 8.05. The van der Waals surface area contributed by atoms with Gasteiger partial charge in [-0.05, 0) is 39.7 Å². The van der Waals surface area contributed by atoms with Crippen LogP contribution in [-0.4, -0.2) is 25.7 Å². The van der Waals surface area contributed by atoms with Crippen LogP contribution in [0.5, 0.6) is 0 Å². The van der Waals surface area contributed by atoms with Gasteiger partial charge in [-0.3, -0.25) is 4.79 Å². The van der Waals surface area contributed by atoms with Crippen LogP contribution in [0.1, 0.15) is 47.0 Å². The number of thioether (sulfide) groups is 1. The van der Waals surface area contributed by atoms with Gasteiger partial charge in [0.25, 0.3) is 0 Å². The second-order valence-corrected chi connectivity index (χ2v) is 7.57. The summed E-state index contributed by atoms with van der Waals surface area (Å²) in [7, 11) is 2.00. The SMILES string of the molecule is Cc1nc(SCC(=O)c2cc(C)n(C)c2C)n(CC(C)C)c1C. The maximum Gasteiger partial charge on any atom is 0.175 e. The average Bonchev–Trinajstić information content (AvgIpc) is 2.89. The minimum absolute atomic E-state index is 0.172. The molecule has 5 heteroatoms. The Morgan fingerprint density at radius 1 is 1.22 bits per heavy atom. The molecule has 0 aliphatic carbocycles. The smallest absolute Gasteiger partial charge is 0.175 e. The zero-order chi connectivity index (χ0) is 17.3. The molecule has 2 rings (SSSR count). The summed E-state index contributed by atoms with van der Waals surface area (Å²) in [6.45, 7) is 13.5. The number of hydrogen-bond donors (Lipinski definition) is 0. The third-order valence-corrected chi connectivity index (χ3v) is 5.35. The second kappa shape index (κ2) is 6.95. The van der Waals surface area contributed by atoms with E-state index in [4.69, 9.17) is 0 Å². The van der Waals surface area contributed by atoms with Gasteiger partial charge in [0.15, 0.2) is 10.9 Å². The van der Waals surface area contributed by atoms with Crippen molar-refractivity contribution < 1.29 is 4.79 Å². The van der Waals surface area contributed by atoms with Crippen LogP contribution >= 0.6 is 11.8 Å². The minimum Gasteiger partial charge on any atom is -0.351 e. The Balaban J connectivity index is 2.16. The summed E-state index contributed by atoms with van der Waals surface area (Å²) >= 11 is 1.54. The molecule has 0 aliphatic rings. The van der Waals surface area contributed by atoms with E-state index in [-0.39, 0.29) is 5.78 Å². The minimum atomic E-state index is 0.172. The van der Waals surface area contributed by atoms with Crippen LogP contribution in [0.25, 0.3) is 0 Å². The van der Waals surface area contributed by atoms with E-state index in [9.17, 15) is 4.79 Å². The first-order chi connectivity index (χ1) is 10.7. The number of Topliss-reactive ketones (excluding diaryl/α,β-unsaturated/α-hetero) is 1. The number of imidazole rings is 1.